The average molecular weight is 281 g/mol. The van der Waals surface area contributed by atoms with Crippen LogP contribution in [0.5, 0.6) is 0 Å². The first-order valence-corrected chi connectivity index (χ1v) is 6.86. The van der Waals surface area contributed by atoms with Crippen molar-refractivity contribution < 1.29 is 4.79 Å². The lowest BCUT2D eigenvalue weighted by atomic mass is 10.1. The molecule has 19 heavy (non-hydrogen) atoms. The number of halogens is 1. The first-order chi connectivity index (χ1) is 8.75. The van der Waals surface area contributed by atoms with Gasteiger partial charge in [0.05, 0.1) is 6.54 Å². The summed E-state index contributed by atoms with van der Waals surface area (Å²) in [5.74, 6) is 1.02. The second kappa shape index (κ2) is 5.93. The van der Waals surface area contributed by atoms with Crippen molar-refractivity contribution in [1.29, 1.82) is 0 Å². The van der Waals surface area contributed by atoms with Gasteiger partial charge in [-0.3, -0.25) is 4.79 Å². The van der Waals surface area contributed by atoms with E-state index in [0.717, 1.165) is 24.6 Å². The Bertz CT molecular complexity index is 459. The van der Waals surface area contributed by atoms with E-state index in [-0.39, 0.29) is 24.4 Å². The Kier molecular flexibility index (Phi) is 4.48. The maximum Gasteiger partial charge on any atom is 0.241 e. The molecule has 1 aromatic rings. The van der Waals surface area contributed by atoms with Crippen LogP contribution in [-0.4, -0.2) is 25.0 Å². The van der Waals surface area contributed by atoms with Crippen LogP contribution < -0.4 is 10.2 Å². The predicted molar refractivity (Wildman–Crippen MR) is 79.9 cm³/mol. The molecule has 1 aromatic carbocycles. The quantitative estimate of drug-likeness (QED) is 0.918. The molecule has 1 unspecified atom stereocenters. The minimum absolute atomic E-state index is 0. The second-order valence-corrected chi connectivity index (χ2v) is 5.52. The van der Waals surface area contributed by atoms with Gasteiger partial charge in [0.15, 0.2) is 0 Å². The number of amides is 1. The van der Waals surface area contributed by atoms with Crippen molar-refractivity contribution in [2.45, 2.75) is 32.2 Å². The number of para-hydroxylation sites is 1. The van der Waals surface area contributed by atoms with Crippen LogP contribution in [0.15, 0.2) is 24.3 Å². The fourth-order valence-corrected chi connectivity index (χ4v) is 2.74. The topological polar surface area (TPSA) is 32.3 Å². The molecule has 1 fully saturated rings. The molecule has 0 bridgehead atoms. The highest BCUT2D eigenvalue weighted by Gasteiger charge is 2.30. The Morgan fingerprint density at radius 3 is 2.84 bits per heavy atom. The molecule has 1 aliphatic heterocycles. The Balaban J connectivity index is 0.00000133. The van der Waals surface area contributed by atoms with Crippen molar-refractivity contribution >= 4 is 24.0 Å². The summed E-state index contributed by atoms with van der Waals surface area (Å²) in [5, 5.41) is 3.28. The lowest BCUT2D eigenvalue weighted by molar-refractivity contribution is -0.118. The molecular formula is C15H21ClN2O. The largest absolute Gasteiger partial charge is 0.308 e. The van der Waals surface area contributed by atoms with E-state index in [9.17, 15) is 4.79 Å². The zero-order valence-electron chi connectivity index (χ0n) is 11.3. The zero-order valence-corrected chi connectivity index (χ0v) is 12.1. The van der Waals surface area contributed by atoms with Gasteiger partial charge in [0.25, 0.3) is 0 Å². The van der Waals surface area contributed by atoms with Crippen molar-refractivity contribution in [1.82, 2.24) is 5.32 Å². The fourth-order valence-electron chi connectivity index (χ4n) is 2.74. The molecule has 3 nitrogen and oxygen atoms in total. The third-order valence-electron chi connectivity index (χ3n) is 3.88. The second-order valence-electron chi connectivity index (χ2n) is 5.52. The monoisotopic (exact) mass is 280 g/mol. The molecule has 1 heterocycles. The number of fused-ring (bicyclic) bond motifs is 1. The maximum absolute atomic E-state index is 12.3. The molecule has 1 saturated carbocycles. The van der Waals surface area contributed by atoms with Crippen molar-refractivity contribution in [3.63, 3.8) is 0 Å². The predicted octanol–water partition coefficient (Wildman–Crippen LogP) is 2.39. The molecule has 0 saturated heterocycles. The van der Waals surface area contributed by atoms with Crippen LogP contribution in [0.1, 0.15) is 25.3 Å². The van der Waals surface area contributed by atoms with Crippen LogP contribution in [0, 0.1) is 5.92 Å². The van der Waals surface area contributed by atoms with Gasteiger partial charge in [-0.1, -0.05) is 18.2 Å². The molecule has 3 rings (SSSR count). The van der Waals surface area contributed by atoms with Crippen molar-refractivity contribution in [2.24, 2.45) is 5.92 Å². The lowest BCUT2D eigenvalue weighted by Gasteiger charge is -2.23. The Labute approximate surface area is 120 Å². The maximum atomic E-state index is 12.3. The van der Waals surface area contributed by atoms with Crippen LogP contribution in [0.25, 0.3) is 0 Å². The molecule has 1 aliphatic carbocycles. The molecule has 0 spiro atoms. The number of hydrogen-bond donors (Lipinski definition) is 1. The van der Waals surface area contributed by atoms with Gasteiger partial charge in [0.2, 0.25) is 5.91 Å². The summed E-state index contributed by atoms with van der Waals surface area (Å²) in [6.45, 7) is 3.59. The van der Waals surface area contributed by atoms with Crippen LogP contribution in [0.4, 0.5) is 5.69 Å². The molecule has 0 aromatic heterocycles. The van der Waals surface area contributed by atoms with Crippen molar-refractivity contribution in [2.75, 3.05) is 18.0 Å². The van der Waals surface area contributed by atoms with E-state index >= 15 is 0 Å². The van der Waals surface area contributed by atoms with Gasteiger partial charge in [0, 0.05) is 11.7 Å². The summed E-state index contributed by atoms with van der Waals surface area (Å²) < 4.78 is 0. The van der Waals surface area contributed by atoms with Crippen LogP contribution >= 0.6 is 12.4 Å². The smallest absolute Gasteiger partial charge is 0.241 e. The van der Waals surface area contributed by atoms with Crippen LogP contribution in [0.2, 0.25) is 0 Å². The summed E-state index contributed by atoms with van der Waals surface area (Å²) in [4.78, 5) is 14.2. The molecule has 1 N–H and O–H groups in total. The Morgan fingerprint density at radius 1 is 1.37 bits per heavy atom. The van der Waals surface area contributed by atoms with Gasteiger partial charge in [-0.25, -0.2) is 0 Å². The normalized spacial score (nSPS) is 20.9. The van der Waals surface area contributed by atoms with E-state index in [4.69, 9.17) is 0 Å². The summed E-state index contributed by atoms with van der Waals surface area (Å²) >= 11 is 0. The number of carbonyl (C=O) groups excluding carboxylic acids is 1. The van der Waals surface area contributed by atoms with Gasteiger partial charge in [-0.05, 0) is 50.3 Å². The van der Waals surface area contributed by atoms with Crippen LogP contribution in [-0.2, 0) is 11.2 Å². The third kappa shape index (κ3) is 3.10. The molecule has 4 heteroatoms. The van der Waals surface area contributed by atoms with Gasteiger partial charge < -0.3 is 10.2 Å². The number of benzene rings is 1. The summed E-state index contributed by atoms with van der Waals surface area (Å²) in [6.07, 6.45) is 3.62. The minimum atomic E-state index is 0. The summed E-state index contributed by atoms with van der Waals surface area (Å²) in [6, 6.07) is 8.52. The molecule has 104 valence electrons. The summed E-state index contributed by atoms with van der Waals surface area (Å²) in [7, 11) is 0. The first-order valence-electron chi connectivity index (χ1n) is 6.86. The SMILES string of the molecule is CC1Cc2ccccc2N1C(=O)CNCC1CC1.Cl. The fraction of sp³-hybridized carbons (Fsp3) is 0.533. The highest BCUT2D eigenvalue weighted by Crippen LogP contribution is 2.31. The molecule has 0 radical (unpaired) electrons. The Hall–Kier alpha value is -1.06. The summed E-state index contributed by atoms with van der Waals surface area (Å²) in [5.41, 5.74) is 2.39. The average Bonchev–Trinajstić information content (AvgIpc) is 3.10. The van der Waals surface area contributed by atoms with E-state index < -0.39 is 0 Å². The highest BCUT2D eigenvalue weighted by molar-refractivity contribution is 5.97. The van der Waals surface area contributed by atoms with Gasteiger partial charge >= 0.3 is 0 Å². The third-order valence-corrected chi connectivity index (χ3v) is 3.88. The molecule has 1 atom stereocenters. The van der Waals surface area contributed by atoms with E-state index in [1.165, 1.54) is 18.4 Å². The molecular weight excluding hydrogens is 260 g/mol. The first kappa shape index (κ1) is 14.4. The molecule has 1 amide bonds. The van der Waals surface area contributed by atoms with E-state index in [2.05, 4.69) is 24.4 Å². The standard InChI is InChI=1S/C15H20N2O.ClH/c1-11-8-13-4-2-3-5-14(13)17(11)15(18)10-16-9-12-6-7-12;/h2-5,11-12,16H,6-10H2,1H3;1H. The van der Waals surface area contributed by atoms with Crippen molar-refractivity contribution in [3.8, 4) is 0 Å². The van der Waals surface area contributed by atoms with E-state index in [0.29, 0.717) is 6.54 Å². The van der Waals surface area contributed by atoms with Crippen LogP contribution in [0.3, 0.4) is 0 Å². The van der Waals surface area contributed by atoms with Gasteiger partial charge in [-0.15, -0.1) is 12.4 Å². The number of anilines is 1. The van der Waals surface area contributed by atoms with E-state index in [1.54, 1.807) is 0 Å². The minimum Gasteiger partial charge on any atom is -0.308 e. The lowest BCUT2D eigenvalue weighted by Crippen LogP contribution is -2.41. The van der Waals surface area contributed by atoms with Gasteiger partial charge in [0.1, 0.15) is 0 Å². The van der Waals surface area contributed by atoms with Crippen molar-refractivity contribution in [3.05, 3.63) is 29.8 Å². The number of rotatable bonds is 4. The number of nitrogens with one attached hydrogen (secondary N) is 1. The zero-order chi connectivity index (χ0) is 12.5. The van der Waals surface area contributed by atoms with Gasteiger partial charge in [-0.2, -0.15) is 0 Å². The number of nitrogens with zero attached hydrogens (tertiary/aromatic N) is 1. The highest BCUT2D eigenvalue weighted by atomic mass is 35.5. The molecule has 2 aliphatic rings. The number of carbonyl (C=O) groups is 1. The Morgan fingerprint density at radius 2 is 2.11 bits per heavy atom. The van der Waals surface area contributed by atoms with E-state index in [1.807, 2.05) is 17.0 Å². The number of hydrogen-bond acceptors (Lipinski definition) is 2.